The van der Waals surface area contributed by atoms with Crippen molar-refractivity contribution >= 4 is 43.9 Å². The predicted molar refractivity (Wildman–Crippen MR) is 353 cm³/mol. The molecule has 0 heterocycles. The van der Waals surface area contributed by atoms with Crippen molar-refractivity contribution in [2.24, 2.45) is 0 Å². The molecule has 12 nitrogen and oxygen atoms in total. The van der Waals surface area contributed by atoms with Crippen LogP contribution < -0.4 is 0 Å². The minimum atomic E-state index is -6.04. The zero-order chi connectivity index (χ0) is 62.4. The normalized spacial score (nSPS) is 14.1. The summed E-state index contributed by atoms with van der Waals surface area (Å²) < 4.78 is 23.7. The van der Waals surface area contributed by atoms with Crippen LogP contribution >= 0.6 is 0 Å². The van der Waals surface area contributed by atoms with Crippen LogP contribution in [-0.2, 0) is 31.5 Å². The third kappa shape index (κ3) is 58.9. The van der Waals surface area contributed by atoms with E-state index in [-0.39, 0.29) is 50.1 Å². The molecule has 0 radical (unpaired) electrons. The van der Waals surface area contributed by atoms with Gasteiger partial charge in [0.05, 0.1) is 24.4 Å². The van der Waals surface area contributed by atoms with Crippen molar-refractivity contribution in [3.63, 3.8) is 0 Å². The van der Waals surface area contributed by atoms with E-state index in [1.807, 2.05) is 0 Å². The Morgan fingerprint density at radius 3 is 0.671 bits per heavy atom. The van der Waals surface area contributed by atoms with Crippen LogP contribution in [-0.4, -0.2) is 88.8 Å². The standard InChI is InChI=1S/4C18H34O3.Sn/c4*1-2-3-4-11-14-17(19)15-12-9-7-5-6-8-10-13-16-18(20)21;/h4*9,12,17,19H,2-8,10-11,13-16H2,1H3,(H,20,21);/q;;;;+4/p-4/b4*12-9-;. The Bertz CT molecular complexity index is 1410. The Balaban J connectivity index is 5.72. The molecule has 0 saturated heterocycles. The molecule has 0 aliphatic rings. The SMILES string of the molecule is CCCCCCC(O)C/C=C\CCCCCCCC(=O)[O][Sn]([O]C(=O)CCCCCCC/C=C\CC(O)CCCCCC)([O]C(=O)CCCCCCC/C=C\CC(O)CCCCCC)[O]C(=O)CCCCCCC/C=C\CC(O)CCCCCC. The summed E-state index contributed by atoms with van der Waals surface area (Å²) in [4.78, 5) is 54.8. The number of rotatable bonds is 64. The fourth-order valence-corrected chi connectivity index (χ4v) is 15.4. The predicted octanol–water partition coefficient (Wildman–Crippen LogP) is 19.6. The molecule has 0 saturated carbocycles. The molecule has 0 aromatic carbocycles. The zero-order valence-corrected chi connectivity index (χ0v) is 58.1. The number of aliphatic hydroxyl groups excluding tert-OH is 4. The molecular formula is C72H132O12Sn. The Morgan fingerprint density at radius 1 is 0.271 bits per heavy atom. The smallest absolute Gasteiger partial charge is 0.393 e. The molecule has 0 amide bonds. The Labute approximate surface area is 527 Å². The van der Waals surface area contributed by atoms with Crippen molar-refractivity contribution in [2.75, 3.05) is 0 Å². The van der Waals surface area contributed by atoms with Gasteiger partial charge in [-0.15, -0.1) is 0 Å². The summed E-state index contributed by atoms with van der Waals surface area (Å²) in [5, 5.41) is 41.1. The minimum Gasteiger partial charge on any atom is -0.393 e. The molecular weight excluding hydrogens is 1180 g/mol. The summed E-state index contributed by atoms with van der Waals surface area (Å²) in [6.45, 7) is 8.75. The Kier molecular flexibility index (Phi) is 61.2. The summed E-state index contributed by atoms with van der Waals surface area (Å²) in [5.41, 5.74) is 0. The molecule has 0 bridgehead atoms. The van der Waals surface area contributed by atoms with Gasteiger partial charge in [0, 0.05) is 0 Å². The van der Waals surface area contributed by atoms with Crippen LogP contribution in [0, 0.1) is 0 Å². The van der Waals surface area contributed by atoms with E-state index >= 15 is 0 Å². The van der Waals surface area contributed by atoms with Crippen LogP contribution in [0.15, 0.2) is 48.6 Å². The summed E-state index contributed by atoms with van der Waals surface area (Å²) in [6.07, 6.45) is 60.9. The van der Waals surface area contributed by atoms with Crippen molar-refractivity contribution < 1.29 is 51.9 Å². The monoisotopic (exact) mass is 1310 g/mol. The van der Waals surface area contributed by atoms with Gasteiger partial charge in [-0.05, 0) is 25.7 Å². The van der Waals surface area contributed by atoms with Crippen LogP contribution in [0.2, 0.25) is 0 Å². The third-order valence-electron chi connectivity index (χ3n) is 15.8. The Hall–Kier alpha value is -2.52. The fourth-order valence-electron chi connectivity index (χ4n) is 10.3. The number of hydrogen-bond donors (Lipinski definition) is 4. The van der Waals surface area contributed by atoms with E-state index in [2.05, 4.69) is 76.3 Å². The fraction of sp³-hybridized carbons (Fsp3) is 0.833. The number of carbonyl (C=O) groups is 4. The molecule has 0 aliphatic heterocycles. The van der Waals surface area contributed by atoms with Gasteiger partial charge in [0.15, 0.2) is 0 Å². The van der Waals surface area contributed by atoms with Crippen molar-refractivity contribution in [1.29, 1.82) is 0 Å². The first-order valence-electron chi connectivity index (χ1n) is 35.6. The molecule has 0 aromatic rings. The molecule has 85 heavy (non-hydrogen) atoms. The number of allylic oxidation sites excluding steroid dienone is 4. The van der Waals surface area contributed by atoms with Gasteiger partial charge in [-0.3, -0.25) is 0 Å². The van der Waals surface area contributed by atoms with Crippen molar-refractivity contribution in [1.82, 2.24) is 0 Å². The molecule has 0 aromatic heterocycles. The van der Waals surface area contributed by atoms with Gasteiger partial charge >= 0.3 is 329 Å². The molecule has 4 unspecified atom stereocenters. The zero-order valence-electron chi connectivity index (χ0n) is 55.3. The summed E-state index contributed by atoms with van der Waals surface area (Å²) in [6, 6.07) is 0. The first kappa shape index (κ1) is 82.5. The number of carbonyl (C=O) groups excluding carboxylic acids is 4. The molecule has 0 fully saturated rings. The molecule has 0 aliphatic carbocycles. The second-order valence-electron chi connectivity index (χ2n) is 24.5. The molecule has 0 spiro atoms. The number of hydrogen-bond acceptors (Lipinski definition) is 12. The van der Waals surface area contributed by atoms with Gasteiger partial charge in [0.1, 0.15) is 0 Å². The minimum absolute atomic E-state index is 0.000178. The quantitative estimate of drug-likeness (QED) is 0.0257. The molecule has 13 heteroatoms. The maximum atomic E-state index is 13.7. The van der Waals surface area contributed by atoms with Gasteiger partial charge in [-0.2, -0.15) is 0 Å². The summed E-state index contributed by atoms with van der Waals surface area (Å²) in [5.74, 6) is -2.83. The van der Waals surface area contributed by atoms with E-state index < -0.39 is 43.9 Å². The van der Waals surface area contributed by atoms with E-state index in [4.69, 9.17) is 12.3 Å². The second-order valence-corrected chi connectivity index (χ2v) is 29.6. The van der Waals surface area contributed by atoms with E-state index in [1.165, 1.54) is 77.0 Å². The first-order chi connectivity index (χ1) is 41.4. The van der Waals surface area contributed by atoms with Crippen LogP contribution in [0.3, 0.4) is 0 Å². The molecule has 4 atom stereocenters. The van der Waals surface area contributed by atoms with Crippen molar-refractivity contribution in [2.45, 2.75) is 386 Å². The van der Waals surface area contributed by atoms with E-state index in [0.29, 0.717) is 51.4 Å². The molecule has 496 valence electrons. The average Bonchev–Trinajstić information content (AvgIpc) is 3.60. The topological polar surface area (TPSA) is 186 Å². The van der Waals surface area contributed by atoms with Gasteiger partial charge in [-0.25, -0.2) is 0 Å². The third-order valence-corrected chi connectivity index (χ3v) is 21.3. The van der Waals surface area contributed by atoms with Crippen LogP contribution in [0.1, 0.15) is 362 Å². The van der Waals surface area contributed by atoms with Gasteiger partial charge in [0.25, 0.3) is 0 Å². The van der Waals surface area contributed by atoms with Crippen molar-refractivity contribution in [3.05, 3.63) is 48.6 Å². The van der Waals surface area contributed by atoms with Crippen molar-refractivity contribution in [3.8, 4) is 0 Å². The van der Waals surface area contributed by atoms with Gasteiger partial charge < -0.3 is 20.4 Å². The van der Waals surface area contributed by atoms with Gasteiger partial charge in [-0.1, -0.05) is 130 Å². The maximum absolute atomic E-state index is 13.7. The van der Waals surface area contributed by atoms with Crippen LogP contribution in [0.4, 0.5) is 0 Å². The molecule has 0 rings (SSSR count). The van der Waals surface area contributed by atoms with Crippen LogP contribution in [0.5, 0.6) is 0 Å². The van der Waals surface area contributed by atoms with Crippen LogP contribution in [0.25, 0.3) is 0 Å². The summed E-state index contributed by atoms with van der Waals surface area (Å²) >= 11 is -6.04. The molecule has 4 N–H and O–H groups in total. The van der Waals surface area contributed by atoms with E-state index in [0.717, 1.165) is 180 Å². The number of aliphatic hydroxyl groups is 4. The first-order valence-corrected chi connectivity index (χ1v) is 40.3. The van der Waals surface area contributed by atoms with E-state index in [9.17, 15) is 39.6 Å². The van der Waals surface area contributed by atoms with E-state index in [1.54, 1.807) is 0 Å². The Morgan fingerprint density at radius 2 is 0.459 bits per heavy atom. The summed E-state index contributed by atoms with van der Waals surface area (Å²) in [7, 11) is 0. The number of unbranched alkanes of at least 4 members (excludes halogenated alkanes) is 32. The average molecular weight is 1310 g/mol. The van der Waals surface area contributed by atoms with Gasteiger partial charge in [0.2, 0.25) is 0 Å². The second kappa shape index (κ2) is 63.1.